The van der Waals surface area contributed by atoms with Crippen molar-refractivity contribution in [1.29, 1.82) is 0 Å². The molecular formula is C11H13FN2O. The first kappa shape index (κ1) is 9.96. The molecule has 0 unspecified atom stereocenters. The van der Waals surface area contributed by atoms with Crippen molar-refractivity contribution in [2.24, 2.45) is 0 Å². The number of imidazole rings is 1. The fourth-order valence-electron chi connectivity index (χ4n) is 1.64. The zero-order chi connectivity index (χ0) is 11.0. The van der Waals surface area contributed by atoms with Gasteiger partial charge in [0.25, 0.3) is 0 Å². The molecule has 2 aromatic rings. The number of halogens is 1. The number of ether oxygens (including phenoxy) is 1. The van der Waals surface area contributed by atoms with Crippen molar-refractivity contribution in [2.75, 3.05) is 6.61 Å². The van der Waals surface area contributed by atoms with Gasteiger partial charge in [0.1, 0.15) is 0 Å². The highest BCUT2D eigenvalue weighted by Gasteiger charge is 2.14. The molecule has 0 spiro atoms. The Bertz CT molecular complexity index is 505. The normalized spacial score (nSPS) is 10.9. The number of fused-ring (bicyclic) bond motifs is 1. The Hall–Kier alpha value is -1.58. The molecule has 3 nitrogen and oxygen atoms in total. The summed E-state index contributed by atoms with van der Waals surface area (Å²) < 4.78 is 20.9. The Morgan fingerprint density at radius 2 is 2.13 bits per heavy atom. The molecule has 0 aliphatic rings. The van der Waals surface area contributed by atoms with Crippen LogP contribution in [-0.2, 0) is 0 Å². The number of hydrogen-bond donors (Lipinski definition) is 0. The summed E-state index contributed by atoms with van der Waals surface area (Å²) in [6, 6.07) is 0. The van der Waals surface area contributed by atoms with Crippen LogP contribution in [0.5, 0.6) is 5.75 Å². The number of hydrogen-bond acceptors (Lipinski definition) is 2. The van der Waals surface area contributed by atoms with E-state index in [-0.39, 0.29) is 5.82 Å². The number of nitrogens with zero attached hydrogens (tertiary/aromatic N) is 2. The van der Waals surface area contributed by atoms with Crippen molar-refractivity contribution in [1.82, 2.24) is 9.38 Å². The summed E-state index contributed by atoms with van der Waals surface area (Å²) in [5.41, 5.74) is 1.89. The van der Waals surface area contributed by atoms with E-state index < -0.39 is 0 Å². The summed E-state index contributed by atoms with van der Waals surface area (Å²) in [5, 5.41) is 0. The Labute approximate surface area is 87.5 Å². The molecule has 2 rings (SSSR count). The summed E-state index contributed by atoms with van der Waals surface area (Å²) in [5.74, 6) is -0.0828. The third-order valence-corrected chi connectivity index (χ3v) is 2.23. The van der Waals surface area contributed by atoms with E-state index in [1.165, 1.54) is 0 Å². The van der Waals surface area contributed by atoms with Gasteiger partial charge in [-0.1, -0.05) is 0 Å². The fraction of sp³-hybridized carbons (Fsp3) is 0.364. The molecule has 2 heterocycles. The molecule has 80 valence electrons. The number of aryl methyl sites for hydroxylation is 2. The lowest BCUT2D eigenvalue weighted by molar-refractivity contribution is 0.319. The minimum Gasteiger partial charge on any atom is -0.490 e. The summed E-state index contributed by atoms with van der Waals surface area (Å²) in [4.78, 5) is 4.10. The zero-order valence-electron chi connectivity index (χ0n) is 9.04. The van der Waals surface area contributed by atoms with Crippen molar-refractivity contribution < 1.29 is 9.13 Å². The molecule has 0 saturated carbocycles. The Balaban J connectivity index is 2.71. The topological polar surface area (TPSA) is 26.5 Å². The predicted molar refractivity (Wildman–Crippen MR) is 55.8 cm³/mol. The number of rotatable bonds is 2. The van der Waals surface area contributed by atoms with E-state index in [4.69, 9.17) is 4.74 Å². The van der Waals surface area contributed by atoms with Crippen molar-refractivity contribution in [3.63, 3.8) is 0 Å². The van der Waals surface area contributed by atoms with E-state index >= 15 is 0 Å². The standard InChI is InChI=1S/C11H13FN2O/c1-4-15-10-7(2)5-14-6-8(3)13-11(14)9(10)12/h5-6H,4H2,1-3H3. The average molecular weight is 208 g/mol. The van der Waals surface area contributed by atoms with Gasteiger partial charge in [-0.25, -0.2) is 4.98 Å². The summed E-state index contributed by atoms with van der Waals surface area (Å²) in [6.07, 6.45) is 3.62. The van der Waals surface area contributed by atoms with Crippen molar-refractivity contribution in [3.05, 3.63) is 29.5 Å². The van der Waals surface area contributed by atoms with Crippen LogP contribution in [0.3, 0.4) is 0 Å². The molecule has 0 N–H and O–H groups in total. The molecule has 0 saturated heterocycles. The van der Waals surface area contributed by atoms with Gasteiger partial charge in [0.15, 0.2) is 11.4 Å². The first-order chi connectivity index (χ1) is 7.13. The van der Waals surface area contributed by atoms with Gasteiger partial charge >= 0.3 is 0 Å². The highest BCUT2D eigenvalue weighted by Crippen LogP contribution is 2.25. The molecule has 0 atom stereocenters. The van der Waals surface area contributed by atoms with E-state index in [1.807, 2.05) is 27.0 Å². The van der Waals surface area contributed by atoms with Crippen LogP contribution in [0.15, 0.2) is 12.4 Å². The second-order valence-electron chi connectivity index (χ2n) is 3.50. The molecule has 0 aromatic carbocycles. The van der Waals surface area contributed by atoms with Gasteiger partial charge in [-0.2, -0.15) is 4.39 Å². The third-order valence-electron chi connectivity index (χ3n) is 2.23. The molecule has 0 aliphatic heterocycles. The number of pyridine rings is 1. The van der Waals surface area contributed by atoms with Crippen LogP contribution < -0.4 is 4.74 Å². The van der Waals surface area contributed by atoms with Crippen molar-refractivity contribution in [3.8, 4) is 5.75 Å². The van der Waals surface area contributed by atoms with Crippen molar-refractivity contribution >= 4 is 5.65 Å². The summed E-state index contributed by atoms with van der Waals surface area (Å²) >= 11 is 0. The van der Waals surface area contributed by atoms with Crippen LogP contribution in [0.25, 0.3) is 5.65 Å². The monoisotopic (exact) mass is 208 g/mol. The van der Waals surface area contributed by atoms with E-state index in [2.05, 4.69) is 4.98 Å². The second-order valence-corrected chi connectivity index (χ2v) is 3.50. The number of aromatic nitrogens is 2. The third kappa shape index (κ3) is 1.56. The van der Waals surface area contributed by atoms with Gasteiger partial charge in [-0.05, 0) is 20.8 Å². The van der Waals surface area contributed by atoms with Crippen LogP contribution in [0, 0.1) is 19.7 Å². The highest BCUT2D eigenvalue weighted by molar-refractivity contribution is 5.51. The molecule has 0 radical (unpaired) electrons. The van der Waals surface area contributed by atoms with Crippen LogP contribution in [0.4, 0.5) is 4.39 Å². The maximum atomic E-state index is 13.9. The van der Waals surface area contributed by atoms with Crippen LogP contribution in [0.1, 0.15) is 18.2 Å². The maximum absolute atomic E-state index is 13.9. The molecule has 0 fully saturated rings. The molecular weight excluding hydrogens is 195 g/mol. The molecule has 15 heavy (non-hydrogen) atoms. The summed E-state index contributed by atoms with van der Waals surface area (Å²) in [6.45, 7) is 5.94. The molecule has 0 aliphatic carbocycles. The van der Waals surface area contributed by atoms with Crippen LogP contribution in [-0.4, -0.2) is 16.0 Å². The zero-order valence-corrected chi connectivity index (χ0v) is 9.04. The molecule has 0 amide bonds. The second kappa shape index (κ2) is 3.53. The lowest BCUT2D eigenvalue weighted by Gasteiger charge is -2.08. The highest BCUT2D eigenvalue weighted by atomic mass is 19.1. The van der Waals surface area contributed by atoms with E-state index in [0.717, 1.165) is 11.3 Å². The van der Waals surface area contributed by atoms with Gasteiger partial charge in [-0.15, -0.1) is 0 Å². The molecule has 2 aromatic heterocycles. The van der Waals surface area contributed by atoms with Gasteiger partial charge in [0.2, 0.25) is 5.82 Å². The Morgan fingerprint density at radius 3 is 2.80 bits per heavy atom. The maximum Gasteiger partial charge on any atom is 0.208 e. The quantitative estimate of drug-likeness (QED) is 0.758. The largest absolute Gasteiger partial charge is 0.490 e. The first-order valence-electron chi connectivity index (χ1n) is 4.90. The van der Waals surface area contributed by atoms with Gasteiger partial charge in [-0.3, -0.25) is 0 Å². The first-order valence-corrected chi connectivity index (χ1v) is 4.90. The smallest absolute Gasteiger partial charge is 0.208 e. The van der Waals surface area contributed by atoms with Gasteiger partial charge in [0, 0.05) is 18.0 Å². The minimum atomic E-state index is -0.384. The van der Waals surface area contributed by atoms with Crippen molar-refractivity contribution in [2.45, 2.75) is 20.8 Å². The van der Waals surface area contributed by atoms with E-state index in [9.17, 15) is 4.39 Å². The van der Waals surface area contributed by atoms with Gasteiger partial charge < -0.3 is 9.14 Å². The Kier molecular flexibility index (Phi) is 2.34. The van der Waals surface area contributed by atoms with Gasteiger partial charge in [0.05, 0.1) is 12.3 Å². The fourth-order valence-corrected chi connectivity index (χ4v) is 1.64. The van der Waals surface area contributed by atoms with Crippen LogP contribution in [0.2, 0.25) is 0 Å². The SMILES string of the molecule is CCOc1c(C)cn2cc(C)nc2c1F. The van der Waals surface area contributed by atoms with Crippen LogP contribution >= 0.6 is 0 Å². The predicted octanol–water partition coefficient (Wildman–Crippen LogP) is 2.49. The Morgan fingerprint density at radius 1 is 1.40 bits per heavy atom. The molecule has 4 heteroatoms. The van der Waals surface area contributed by atoms with E-state index in [0.29, 0.717) is 18.0 Å². The lowest BCUT2D eigenvalue weighted by atomic mass is 10.3. The lowest BCUT2D eigenvalue weighted by Crippen LogP contribution is -2.00. The summed E-state index contributed by atoms with van der Waals surface area (Å²) in [7, 11) is 0. The van der Waals surface area contributed by atoms with E-state index in [1.54, 1.807) is 10.6 Å². The minimum absolute atomic E-state index is 0.301. The average Bonchev–Trinajstić information content (AvgIpc) is 2.53. The molecule has 0 bridgehead atoms.